The molecule has 190 valence electrons. The minimum Gasteiger partial charge on any atom is -0.493 e. The summed E-state index contributed by atoms with van der Waals surface area (Å²) in [6.45, 7) is 10.3. The summed E-state index contributed by atoms with van der Waals surface area (Å²) in [6.07, 6.45) is 7.29. The van der Waals surface area contributed by atoms with Gasteiger partial charge in [-0.1, -0.05) is 6.07 Å². The normalized spacial score (nSPS) is 14.7. The van der Waals surface area contributed by atoms with Crippen LogP contribution in [0.1, 0.15) is 31.7 Å². The van der Waals surface area contributed by atoms with Crippen LogP contribution in [0.3, 0.4) is 0 Å². The molecule has 9 heteroatoms. The first kappa shape index (κ1) is 25.2. The van der Waals surface area contributed by atoms with E-state index in [-0.39, 0.29) is 0 Å². The van der Waals surface area contributed by atoms with Gasteiger partial charge in [0.1, 0.15) is 5.82 Å². The minimum absolute atomic E-state index is 0.381. The van der Waals surface area contributed by atoms with Crippen molar-refractivity contribution >= 4 is 29.3 Å². The number of aromatic amines is 1. The van der Waals surface area contributed by atoms with Crippen molar-refractivity contribution in [3.63, 3.8) is 0 Å². The van der Waals surface area contributed by atoms with Gasteiger partial charge in [-0.2, -0.15) is 10.1 Å². The van der Waals surface area contributed by atoms with Crippen LogP contribution in [-0.2, 0) is 6.54 Å². The van der Waals surface area contributed by atoms with E-state index >= 15 is 0 Å². The lowest BCUT2D eigenvalue weighted by molar-refractivity contribution is 0.254. The van der Waals surface area contributed by atoms with E-state index in [1.54, 1.807) is 7.11 Å². The standard InChI is InChI=1S/C27H35N7O2/c1-4-26(29-18-20-8-10-23-21(16-20)19-30-33-23)32-27(28-2)31-22-9-11-24(35-3)25(17-22)36-15-7-14-34-12-5-6-13-34/h4,8-11,16-17,19,29H,2,5-7,12-15,18H2,1,3H3,(H,30,33)(H,31,32)/b26-4-. The number of benzene rings is 2. The topological polar surface area (TPSA) is 99.2 Å². The Morgan fingerprint density at radius 3 is 2.83 bits per heavy atom. The zero-order chi connectivity index (χ0) is 25.2. The molecule has 2 heterocycles. The van der Waals surface area contributed by atoms with Crippen LogP contribution in [0.25, 0.3) is 10.9 Å². The molecular formula is C27H35N7O2. The number of ether oxygens (including phenoxy) is 2. The van der Waals surface area contributed by atoms with Crippen molar-refractivity contribution in [2.24, 2.45) is 9.98 Å². The van der Waals surface area contributed by atoms with Gasteiger partial charge in [-0.25, -0.2) is 4.99 Å². The largest absolute Gasteiger partial charge is 0.493 e. The molecule has 0 saturated carbocycles. The summed E-state index contributed by atoms with van der Waals surface area (Å²) in [7, 11) is 1.64. The molecular weight excluding hydrogens is 454 g/mol. The molecule has 1 fully saturated rings. The number of allylic oxidation sites excluding steroid dienone is 1. The van der Waals surface area contributed by atoms with Crippen LogP contribution in [-0.4, -0.2) is 61.1 Å². The molecule has 1 saturated heterocycles. The molecule has 2 aromatic carbocycles. The Balaban J connectivity index is 1.35. The summed E-state index contributed by atoms with van der Waals surface area (Å²) in [5.74, 6) is 2.44. The molecule has 9 nitrogen and oxygen atoms in total. The molecule has 3 N–H and O–H groups in total. The Bertz CT molecular complexity index is 1210. The fraction of sp³-hybridized carbons (Fsp3) is 0.370. The van der Waals surface area contributed by atoms with E-state index in [4.69, 9.17) is 9.47 Å². The molecule has 36 heavy (non-hydrogen) atoms. The van der Waals surface area contributed by atoms with Crippen LogP contribution in [0, 0.1) is 0 Å². The third-order valence-corrected chi connectivity index (χ3v) is 6.12. The summed E-state index contributed by atoms with van der Waals surface area (Å²) in [5.41, 5.74) is 2.93. The number of hydrogen-bond donors (Lipinski definition) is 3. The summed E-state index contributed by atoms with van der Waals surface area (Å²) in [6, 6.07) is 11.8. The Kier molecular flexibility index (Phi) is 8.93. The summed E-state index contributed by atoms with van der Waals surface area (Å²) < 4.78 is 11.5. The van der Waals surface area contributed by atoms with Gasteiger partial charge in [-0.15, -0.1) is 0 Å². The first-order chi connectivity index (χ1) is 17.7. The van der Waals surface area contributed by atoms with Gasteiger partial charge in [0.05, 0.1) is 25.4 Å². The van der Waals surface area contributed by atoms with Gasteiger partial charge in [0.15, 0.2) is 11.5 Å². The second-order valence-corrected chi connectivity index (χ2v) is 8.65. The molecule has 0 unspecified atom stereocenters. The number of guanidine groups is 1. The van der Waals surface area contributed by atoms with Gasteiger partial charge >= 0.3 is 0 Å². The molecule has 1 aliphatic rings. The average Bonchev–Trinajstić information content (AvgIpc) is 3.60. The van der Waals surface area contributed by atoms with Crippen LogP contribution in [0.15, 0.2) is 64.5 Å². The number of nitrogens with one attached hydrogen (secondary N) is 3. The molecule has 3 aromatic rings. The van der Waals surface area contributed by atoms with Crippen molar-refractivity contribution in [1.29, 1.82) is 0 Å². The summed E-state index contributed by atoms with van der Waals surface area (Å²) >= 11 is 0. The molecule has 0 radical (unpaired) electrons. The summed E-state index contributed by atoms with van der Waals surface area (Å²) in [5, 5.41) is 14.7. The van der Waals surface area contributed by atoms with E-state index in [2.05, 4.69) is 54.6 Å². The minimum atomic E-state index is 0.381. The number of nitrogens with zero attached hydrogens (tertiary/aromatic N) is 4. The van der Waals surface area contributed by atoms with Gasteiger partial charge in [0.2, 0.25) is 5.96 Å². The SMILES string of the molecule is C=N/C(=N\C(=C/C)NCc1ccc2[nH]ncc2c1)Nc1ccc(OC)c(OCCCN2CCCC2)c1. The van der Waals surface area contributed by atoms with Gasteiger partial charge in [-0.3, -0.25) is 5.10 Å². The Morgan fingerprint density at radius 1 is 1.19 bits per heavy atom. The third-order valence-electron chi connectivity index (χ3n) is 6.12. The zero-order valence-electron chi connectivity index (χ0n) is 21.1. The number of rotatable bonds is 11. The lowest BCUT2D eigenvalue weighted by Gasteiger charge is -2.16. The lowest BCUT2D eigenvalue weighted by atomic mass is 10.1. The second kappa shape index (κ2) is 12.7. The number of H-pyrrole nitrogens is 1. The van der Waals surface area contributed by atoms with Crippen molar-refractivity contribution in [2.75, 3.05) is 38.7 Å². The molecule has 1 aliphatic heterocycles. The fourth-order valence-corrected chi connectivity index (χ4v) is 4.19. The highest BCUT2D eigenvalue weighted by atomic mass is 16.5. The number of aliphatic imine (C=N–C) groups is 2. The van der Waals surface area contributed by atoms with Crippen molar-refractivity contribution < 1.29 is 9.47 Å². The van der Waals surface area contributed by atoms with Crippen LogP contribution in [0.4, 0.5) is 5.69 Å². The summed E-state index contributed by atoms with van der Waals surface area (Å²) in [4.78, 5) is 11.2. The Morgan fingerprint density at radius 2 is 2.06 bits per heavy atom. The van der Waals surface area contributed by atoms with Crippen molar-refractivity contribution in [3.8, 4) is 11.5 Å². The highest BCUT2D eigenvalue weighted by Gasteiger charge is 2.12. The van der Waals surface area contributed by atoms with Gasteiger partial charge in [0.25, 0.3) is 0 Å². The van der Waals surface area contributed by atoms with Crippen LogP contribution < -0.4 is 20.1 Å². The van der Waals surface area contributed by atoms with E-state index in [1.807, 2.05) is 43.5 Å². The van der Waals surface area contributed by atoms with Gasteiger partial charge in [0, 0.05) is 30.2 Å². The second-order valence-electron chi connectivity index (χ2n) is 8.65. The quantitative estimate of drug-likeness (QED) is 0.208. The number of anilines is 1. The fourth-order valence-electron chi connectivity index (χ4n) is 4.19. The van der Waals surface area contributed by atoms with Gasteiger partial charge in [-0.05, 0) is 81.9 Å². The number of aromatic nitrogens is 2. The van der Waals surface area contributed by atoms with Crippen LogP contribution >= 0.6 is 0 Å². The maximum atomic E-state index is 6.05. The van der Waals surface area contributed by atoms with E-state index in [0.717, 1.165) is 35.1 Å². The third kappa shape index (κ3) is 6.85. The number of methoxy groups -OCH3 is 1. The first-order valence-electron chi connectivity index (χ1n) is 12.4. The highest BCUT2D eigenvalue weighted by molar-refractivity contribution is 5.97. The highest BCUT2D eigenvalue weighted by Crippen LogP contribution is 2.30. The van der Waals surface area contributed by atoms with Crippen molar-refractivity contribution in [1.82, 2.24) is 20.4 Å². The Hall–Kier alpha value is -3.85. The van der Waals surface area contributed by atoms with Crippen molar-refractivity contribution in [3.05, 3.63) is 60.1 Å². The molecule has 0 atom stereocenters. The monoisotopic (exact) mass is 489 g/mol. The Labute approximate surface area is 212 Å². The molecule has 4 rings (SSSR count). The number of fused-ring (bicyclic) bond motifs is 1. The van der Waals surface area contributed by atoms with E-state index in [1.165, 1.54) is 25.9 Å². The van der Waals surface area contributed by atoms with Crippen LogP contribution in [0.5, 0.6) is 11.5 Å². The lowest BCUT2D eigenvalue weighted by Crippen LogP contribution is -2.22. The van der Waals surface area contributed by atoms with Gasteiger partial charge < -0.3 is 25.0 Å². The maximum absolute atomic E-state index is 6.05. The molecule has 0 bridgehead atoms. The average molecular weight is 490 g/mol. The predicted octanol–water partition coefficient (Wildman–Crippen LogP) is 4.56. The number of hydrogen-bond acceptors (Lipinski definition) is 6. The molecule has 1 aromatic heterocycles. The smallest absolute Gasteiger partial charge is 0.228 e. The molecule has 0 amide bonds. The number of likely N-dealkylation sites (tertiary alicyclic amines) is 1. The van der Waals surface area contributed by atoms with Crippen LogP contribution in [0.2, 0.25) is 0 Å². The zero-order valence-corrected chi connectivity index (χ0v) is 21.1. The van der Waals surface area contributed by atoms with E-state index in [9.17, 15) is 0 Å². The maximum Gasteiger partial charge on any atom is 0.228 e. The predicted molar refractivity (Wildman–Crippen MR) is 146 cm³/mol. The molecule has 0 spiro atoms. The van der Waals surface area contributed by atoms with E-state index < -0.39 is 0 Å². The molecule has 0 aliphatic carbocycles. The van der Waals surface area contributed by atoms with E-state index in [0.29, 0.717) is 36.4 Å². The van der Waals surface area contributed by atoms with Crippen molar-refractivity contribution in [2.45, 2.75) is 32.7 Å². The first-order valence-corrected chi connectivity index (χ1v) is 12.4.